The number of carbonyl (C=O) groups is 1. The smallest absolute Gasteiger partial charge is 0.323 e. The summed E-state index contributed by atoms with van der Waals surface area (Å²) < 4.78 is 0. The molecular weight excluding hydrogens is 328 g/mol. The molecule has 0 aliphatic heterocycles. The monoisotopic (exact) mass is 348 g/mol. The average molecular weight is 348 g/mol. The molecule has 0 saturated carbocycles. The van der Waals surface area contributed by atoms with Crippen LogP contribution in [-0.2, 0) is 11.2 Å². The molecule has 4 N–H and O–H groups in total. The first-order valence-electron chi connectivity index (χ1n) is 8.66. The van der Waals surface area contributed by atoms with Crippen molar-refractivity contribution in [2.24, 2.45) is 0 Å². The van der Waals surface area contributed by atoms with Crippen LogP contribution in [0.15, 0.2) is 53.5 Å². The number of H-pyrrole nitrogens is 3. The second-order valence-electron chi connectivity index (χ2n) is 6.53. The highest BCUT2D eigenvalue weighted by atomic mass is 16.1. The molecule has 0 bridgehead atoms. The molecule has 0 unspecified atom stereocenters. The van der Waals surface area contributed by atoms with Crippen LogP contribution in [0, 0.1) is 0 Å². The number of hydrogen-bond acceptors (Lipinski definition) is 2. The van der Waals surface area contributed by atoms with Gasteiger partial charge in [0.15, 0.2) is 0 Å². The zero-order valence-corrected chi connectivity index (χ0v) is 14.4. The van der Waals surface area contributed by atoms with Gasteiger partial charge in [-0.15, -0.1) is 0 Å². The number of nitrogens with one attached hydrogen (secondary N) is 4. The molecule has 2 aromatic carbocycles. The number of aryl methyl sites for hydroxylation is 1. The minimum absolute atomic E-state index is 0.00504. The number of rotatable bonds is 5. The highest BCUT2D eigenvalue weighted by Crippen LogP contribution is 2.20. The number of carbonyl (C=O) groups excluding carboxylic acids is 1. The van der Waals surface area contributed by atoms with Gasteiger partial charge >= 0.3 is 5.69 Å². The number of imidazole rings is 1. The van der Waals surface area contributed by atoms with Crippen LogP contribution in [-0.4, -0.2) is 20.9 Å². The van der Waals surface area contributed by atoms with Crippen LogP contribution in [0.25, 0.3) is 21.9 Å². The van der Waals surface area contributed by atoms with Crippen molar-refractivity contribution < 1.29 is 4.79 Å². The summed E-state index contributed by atoms with van der Waals surface area (Å²) in [5.74, 6) is 0.00504. The van der Waals surface area contributed by atoms with Gasteiger partial charge in [-0.2, -0.15) is 0 Å². The highest BCUT2D eigenvalue weighted by Gasteiger charge is 2.12. The molecular formula is C20H20N4O2. The van der Waals surface area contributed by atoms with Gasteiger partial charge in [-0.05, 0) is 42.7 Å². The molecule has 0 spiro atoms. The maximum Gasteiger partial charge on any atom is 0.323 e. The number of aromatic amines is 3. The van der Waals surface area contributed by atoms with Gasteiger partial charge < -0.3 is 20.3 Å². The van der Waals surface area contributed by atoms with Crippen molar-refractivity contribution in [3.63, 3.8) is 0 Å². The second-order valence-corrected chi connectivity index (χ2v) is 6.53. The van der Waals surface area contributed by atoms with Gasteiger partial charge in [0.2, 0.25) is 5.91 Å². The third-order valence-electron chi connectivity index (χ3n) is 4.71. The zero-order chi connectivity index (χ0) is 18.1. The summed E-state index contributed by atoms with van der Waals surface area (Å²) in [4.78, 5) is 32.4. The lowest BCUT2D eigenvalue weighted by Crippen LogP contribution is -2.26. The van der Waals surface area contributed by atoms with E-state index in [1.54, 1.807) is 0 Å². The molecule has 0 radical (unpaired) electrons. The molecule has 1 amide bonds. The Balaban J connectivity index is 1.41. The minimum atomic E-state index is -0.229. The molecule has 1 atom stereocenters. The first-order chi connectivity index (χ1) is 12.6. The summed E-state index contributed by atoms with van der Waals surface area (Å²) in [6.45, 7) is 1.94. The first-order valence-corrected chi connectivity index (χ1v) is 8.66. The van der Waals surface area contributed by atoms with Crippen LogP contribution in [0.5, 0.6) is 0 Å². The molecule has 0 aliphatic carbocycles. The van der Waals surface area contributed by atoms with Crippen LogP contribution in [0.3, 0.4) is 0 Å². The molecule has 6 heteroatoms. The molecule has 132 valence electrons. The Morgan fingerprint density at radius 3 is 2.77 bits per heavy atom. The second kappa shape index (κ2) is 6.55. The van der Waals surface area contributed by atoms with Gasteiger partial charge in [-0.3, -0.25) is 4.79 Å². The van der Waals surface area contributed by atoms with Crippen molar-refractivity contribution in [2.45, 2.75) is 25.8 Å². The number of para-hydroxylation sites is 1. The van der Waals surface area contributed by atoms with E-state index in [4.69, 9.17) is 0 Å². The van der Waals surface area contributed by atoms with Crippen molar-refractivity contribution >= 4 is 27.8 Å². The van der Waals surface area contributed by atoms with E-state index in [0.717, 1.165) is 33.1 Å². The normalized spacial score (nSPS) is 12.5. The largest absolute Gasteiger partial charge is 0.361 e. The fourth-order valence-corrected chi connectivity index (χ4v) is 3.30. The van der Waals surface area contributed by atoms with Crippen molar-refractivity contribution in [1.29, 1.82) is 0 Å². The molecule has 4 aromatic rings. The van der Waals surface area contributed by atoms with E-state index in [2.05, 4.69) is 26.3 Å². The summed E-state index contributed by atoms with van der Waals surface area (Å²) in [7, 11) is 0. The summed E-state index contributed by atoms with van der Waals surface area (Å²) in [6.07, 6.45) is 3.08. The minimum Gasteiger partial charge on any atom is -0.361 e. The third-order valence-corrected chi connectivity index (χ3v) is 4.71. The number of fused-ring (bicyclic) bond motifs is 2. The van der Waals surface area contributed by atoms with Crippen molar-refractivity contribution in [2.75, 3.05) is 0 Å². The molecule has 0 aliphatic rings. The molecule has 6 nitrogen and oxygen atoms in total. The summed E-state index contributed by atoms with van der Waals surface area (Å²) in [6, 6.07) is 13.6. The molecule has 0 saturated heterocycles. The lowest BCUT2D eigenvalue weighted by molar-refractivity contribution is -0.121. The number of benzene rings is 2. The Labute approximate surface area is 149 Å². The molecule has 0 fully saturated rings. The fraction of sp³-hybridized carbons (Fsp3) is 0.200. The summed E-state index contributed by atoms with van der Waals surface area (Å²) >= 11 is 0. The Hall–Kier alpha value is -3.28. The Morgan fingerprint density at radius 1 is 1.08 bits per heavy atom. The van der Waals surface area contributed by atoms with Crippen LogP contribution in [0.2, 0.25) is 0 Å². The Bertz CT molecular complexity index is 1140. The topological polar surface area (TPSA) is 93.5 Å². The van der Waals surface area contributed by atoms with Crippen LogP contribution in [0.1, 0.15) is 30.5 Å². The maximum atomic E-state index is 12.3. The van der Waals surface area contributed by atoms with Crippen LogP contribution in [0.4, 0.5) is 0 Å². The van der Waals surface area contributed by atoms with E-state index >= 15 is 0 Å². The highest BCUT2D eigenvalue weighted by molar-refractivity contribution is 5.84. The van der Waals surface area contributed by atoms with E-state index < -0.39 is 0 Å². The number of aromatic nitrogens is 3. The lowest BCUT2D eigenvalue weighted by Gasteiger charge is -2.14. The SMILES string of the molecule is C[C@@H](NC(=O)CCc1c[nH]c2ccccc12)c1ccc2[nH]c(=O)[nH]c2c1. The van der Waals surface area contributed by atoms with Gasteiger partial charge in [0.25, 0.3) is 0 Å². The molecule has 2 heterocycles. The van der Waals surface area contributed by atoms with Crippen molar-refractivity contribution in [3.8, 4) is 0 Å². The van der Waals surface area contributed by atoms with Crippen molar-refractivity contribution in [1.82, 2.24) is 20.3 Å². The van der Waals surface area contributed by atoms with Gasteiger partial charge in [0.1, 0.15) is 0 Å². The van der Waals surface area contributed by atoms with Gasteiger partial charge in [0.05, 0.1) is 17.1 Å². The van der Waals surface area contributed by atoms with E-state index in [1.165, 1.54) is 0 Å². The van der Waals surface area contributed by atoms with E-state index in [0.29, 0.717) is 12.8 Å². The predicted octanol–water partition coefficient (Wildman–Crippen LogP) is 3.15. The lowest BCUT2D eigenvalue weighted by atomic mass is 10.1. The quantitative estimate of drug-likeness (QED) is 0.446. The molecule has 26 heavy (non-hydrogen) atoms. The van der Waals surface area contributed by atoms with E-state index in [-0.39, 0.29) is 17.6 Å². The van der Waals surface area contributed by atoms with Gasteiger partial charge in [-0.25, -0.2) is 4.79 Å². The van der Waals surface area contributed by atoms with Gasteiger partial charge in [0, 0.05) is 23.5 Å². The average Bonchev–Trinajstić information content (AvgIpc) is 3.21. The number of hydrogen-bond donors (Lipinski definition) is 4. The molecule has 2 aromatic heterocycles. The predicted molar refractivity (Wildman–Crippen MR) is 102 cm³/mol. The standard InChI is InChI=1S/C20H20N4O2/c1-12(13-6-8-17-18(10-13)24-20(26)23-17)22-19(25)9-7-14-11-21-16-5-3-2-4-15(14)16/h2-6,8,10-12,21H,7,9H2,1H3,(H,22,25)(H2,23,24,26)/t12-/m1/s1. The summed E-state index contributed by atoms with van der Waals surface area (Å²) in [5.41, 5.74) is 4.46. The van der Waals surface area contributed by atoms with Crippen LogP contribution >= 0.6 is 0 Å². The van der Waals surface area contributed by atoms with E-state index in [1.807, 2.05) is 49.5 Å². The summed E-state index contributed by atoms with van der Waals surface area (Å²) in [5, 5.41) is 4.19. The Morgan fingerprint density at radius 2 is 1.88 bits per heavy atom. The number of amides is 1. The molecule has 4 rings (SSSR count). The van der Waals surface area contributed by atoms with Crippen molar-refractivity contribution in [3.05, 3.63) is 70.3 Å². The maximum absolute atomic E-state index is 12.3. The fourth-order valence-electron chi connectivity index (χ4n) is 3.30. The first kappa shape index (κ1) is 16.2. The van der Waals surface area contributed by atoms with E-state index in [9.17, 15) is 9.59 Å². The Kier molecular flexibility index (Phi) is 4.08. The third kappa shape index (κ3) is 3.13. The van der Waals surface area contributed by atoms with Crippen LogP contribution < -0.4 is 11.0 Å². The zero-order valence-electron chi connectivity index (χ0n) is 14.4. The van der Waals surface area contributed by atoms with Gasteiger partial charge in [-0.1, -0.05) is 24.3 Å².